The summed E-state index contributed by atoms with van der Waals surface area (Å²) in [6, 6.07) is 15.6. The van der Waals surface area contributed by atoms with Crippen molar-refractivity contribution in [2.24, 2.45) is 0 Å². The summed E-state index contributed by atoms with van der Waals surface area (Å²) in [6.45, 7) is 6.85. The maximum atomic E-state index is 13.1. The number of benzene rings is 2. The second-order valence-electron chi connectivity index (χ2n) is 7.94. The Labute approximate surface area is 202 Å². The Hall–Kier alpha value is -3.07. The number of anilines is 1. The van der Waals surface area contributed by atoms with Gasteiger partial charge in [-0.2, -0.15) is 0 Å². The molecule has 1 N–H and O–H groups in total. The zero-order valence-electron chi connectivity index (χ0n) is 20.4. The normalized spacial score (nSPS) is 12.0. The van der Waals surface area contributed by atoms with Gasteiger partial charge in [0.2, 0.25) is 21.8 Å². The highest BCUT2D eigenvalue weighted by molar-refractivity contribution is 7.92. The Morgan fingerprint density at radius 3 is 2.24 bits per heavy atom. The Bertz CT molecular complexity index is 1030. The van der Waals surface area contributed by atoms with E-state index in [1.807, 2.05) is 44.2 Å². The number of carbonyl (C=O) groups excluding carboxylic acids is 2. The molecule has 2 aromatic carbocycles. The van der Waals surface area contributed by atoms with Gasteiger partial charge in [-0.25, -0.2) is 8.42 Å². The molecule has 2 amide bonds. The number of amides is 2. The van der Waals surface area contributed by atoms with Crippen LogP contribution >= 0.6 is 0 Å². The van der Waals surface area contributed by atoms with Gasteiger partial charge in [0.25, 0.3) is 0 Å². The van der Waals surface area contributed by atoms with Crippen LogP contribution in [0.4, 0.5) is 5.69 Å². The third kappa shape index (κ3) is 8.06. The molecule has 0 aliphatic rings. The maximum Gasteiger partial charge on any atom is 0.242 e. The number of sulfonamides is 1. The highest BCUT2D eigenvalue weighted by Crippen LogP contribution is 2.22. The molecule has 0 aliphatic heterocycles. The van der Waals surface area contributed by atoms with Crippen molar-refractivity contribution in [3.8, 4) is 5.75 Å². The van der Waals surface area contributed by atoms with Crippen molar-refractivity contribution in [2.75, 3.05) is 30.3 Å². The summed E-state index contributed by atoms with van der Waals surface area (Å²) in [5, 5.41) is 2.77. The van der Waals surface area contributed by atoms with Gasteiger partial charge in [0, 0.05) is 26.1 Å². The topological polar surface area (TPSA) is 96.0 Å². The summed E-state index contributed by atoms with van der Waals surface area (Å²) >= 11 is 0. The van der Waals surface area contributed by atoms with E-state index in [-0.39, 0.29) is 24.8 Å². The Morgan fingerprint density at radius 2 is 1.68 bits per heavy atom. The average molecular weight is 490 g/mol. The molecule has 8 nitrogen and oxygen atoms in total. The first kappa shape index (κ1) is 27.2. The molecule has 2 rings (SSSR count). The quantitative estimate of drug-likeness (QED) is 0.466. The van der Waals surface area contributed by atoms with Crippen LogP contribution in [-0.4, -0.2) is 57.1 Å². The van der Waals surface area contributed by atoms with Crippen LogP contribution in [0.5, 0.6) is 5.75 Å². The first-order chi connectivity index (χ1) is 16.2. The van der Waals surface area contributed by atoms with Crippen LogP contribution in [0.1, 0.15) is 39.2 Å². The summed E-state index contributed by atoms with van der Waals surface area (Å²) in [5.41, 5.74) is 1.43. The first-order valence-corrected chi connectivity index (χ1v) is 13.3. The lowest BCUT2D eigenvalue weighted by molar-refractivity contribution is -0.140. The highest BCUT2D eigenvalue weighted by Gasteiger charge is 2.26. The van der Waals surface area contributed by atoms with Gasteiger partial charge in [-0.3, -0.25) is 13.9 Å². The van der Waals surface area contributed by atoms with Gasteiger partial charge in [-0.15, -0.1) is 0 Å². The average Bonchev–Trinajstić information content (AvgIpc) is 2.80. The van der Waals surface area contributed by atoms with E-state index >= 15 is 0 Å². The first-order valence-electron chi connectivity index (χ1n) is 11.5. The molecule has 0 aliphatic carbocycles. The van der Waals surface area contributed by atoms with Crippen molar-refractivity contribution in [1.29, 1.82) is 0 Å². The molecule has 9 heteroatoms. The third-order valence-electron chi connectivity index (χ3n) is 5.30. The molecule has 0 heterocycles. The monoisotopic (exact) mass is 489 g/mol. The van der Waals surface area contributed by atoms with Crippen molar-refractivity contribution < 1.29 is 22.7 Å². The summed E-state index contributed by atoms with van der Waals surface area (Å²) in [4.78, 5) is 27.1. The summed E-state index contributed by atoms with van der Waals surface area (Å²) in [6.07, 6.45) is 1.57. The molecule has 0 fully saturated rings. The third-order valence-corrected chi connectivity index (χ3v) is 6.50. The van der Waals surface area contributed by atoms with E-state index in [2.05, 4.69) is 5.32 Å². The van der Waals surface area contributed by atoms with Crippen molar-refractivity contribution in [3.05, 3.63) is 60.2 Å². The van der Waals surface area contributed by atoms with E-state index in [1.165, 1.54) is 4.31 Å². The number of hydrogen-bond acceptors (Lipinski definition) is 5. The molecule has 1 atom stereocenters. The van der Waals surface area contributed by atoms with Gasteiger partial charge in [-0.05, 0) is 57.0 Å². The van der Waals surface area contributed by atoms with E-state index in [0.717, 1.165) is 11.8 Å². The zero-order valence-corrected chi connectivity index (χ0v) is 21.2. The number of rotatable bonds is 13. The minimum absolute atomic E-state index is 0.111. The minimum atomic E-state index is -3.54. The standard InChI is InChI=1S/C25H35N3O5S/c1-5-26-25(30)20(3)27(19-21-11-8-7-9-12-21)24(29)13-10-18-28(34(4,31)32)22-14-16-23(17-15-22)33-6-2/h7-9,11-12,14-17,20H,5-6,10,13,18-19H2,1-4H3,(H,26,30)/t20-/m1/s1. The smallest absolute Gasteiger partial charge is 0.242 e. The van der Waals surface area contributed by atoms with Crippen LogP contribution in [0.3, 0.4) is 0 Å². The molecule has 0 saturated carbocycles. The number of nitrogens with one attached hydrogen (secondary N) is 1. The van der Waals surface area contributed by atoms with E-state index < -0.39 is 16.1 Å². The van der Waals surface area contributed by atoms with E-state index in [0.29, 0.717) is 37.6 Å². The lowest BCUT2D eigenvalue weighted by atomic mass is 10.1. The van der Waals surface area contributed by atoms with Gasteiger partial charge >= 0.3 is 0 Å². The number of ether oxygens (including phenoxy) is 1. The molecule has 186 valence electrons. The van der Waals surface area contributed by atoms with Gasteiger partial charge in [0.05, 0.1) is 18.6 Å². The summed E-state index contributed by atoms with van der Waals surface area (Å²) < 4.78 is 31.5. The molecule has 34 heavy (non-hydrogen) atoms. The predicted octanol–water partition coefficient (Wildman–Crippen LogP) is 3.18. The number of likely N-dealkylation sites (N-methyl/N-ethyl adjacent to an activating group) is 1. The largest absolute Gasteiger partial charge is 0.494 e. The Kier molecular flexibility index (Phi) is 10.4. The van der Waals surface area contributed by atoms with Crippen molar-refractivity contribution >= 4 is 27.5 Å². The lowest BCUT2D eigenvalue weighted by Gasteiger charge is -2.29. The number of hydrogen-bond donors (Lipinski definition) is 1. The second kappa shape index (κ2) is 13.0. The molecular weight excluding hydrogens is 454 g/mol. The van der Waals surface area contributed by atoms with Crippen LogP contribution in [0.25, 0.3) is 0 Å². The van der Waals surface area contributed by atoms with Gasteiger partial charge in [-0.1, -0.05) is 30.3 Å². The molecule has 0 saturated heterocycles. The summed E-state index contributed by atoms with van der Waals surface area (Å²) in [5.74, 6) is 0.229. The molecule has 0 spiro atoms. The molecular formula is C25H35N3O5S. The van der Waals surface area contributed by atoms with Crippen LogP contribution in [0.15, 0.2) is 54.6 Å². The van der Waals surface area contributed by atoms with Crippen LogP contribution in [-0.2, 0) is 26.2 Å². The fourth-order valence-corrected chi connectivity index (χ4v) is 4.53. The van der Waals surface area contributed by atoms with E-state index in [9.17, 15) is 18.0 Å². The van der Waals surface area contributed by atoms with Crippen LogP contribution < -0.4 is 14.4 Å². The maximum absolute atomic E-state index is 13.1. The molecule has 0 unspecified atom stereocenters. The SMILES string of the molecule is CCNC(=O)[C@@H](C)N(Cc1ccccc1)C(=O)CCCN(c1ccc(OCC)cc1)S(C)(=O)=O. The number of nitrogens with zero attached hydrogens (tertiary/aromatic N) is 2. The van der Waals surface area contributed by atoms with E-state index in [4.69, 9.17) is 4.74 Å². The van der Waals surface area contributed by atoms with Crippen LogP contribution in [0, 0.1) is 0 Å². The second-order valence-corrected chi connectivity index (χ2v) is 9.85. The zero-order chi connectivity index (χ0) is 25.1. The molecule has 2 aromatic rings. The molecule has 0 bridgehead atoms. The molecule has 0 aromatic heterocycles. The summed E-state index contributed by atoms with van der Waals surface area (Å²) in [7, 11) is -3.54. The fraction of sp³-hybridized carbons (Fsp3) is 0.440. The van der Waals surface area contributed by atoms with Gasteiger partial charge in [0.15, 0.2) is 0 Å². The number of carbonyl (C=O) groups is 2. The van der Waals surface area contributed by atoms with Gasteiger partial charge in [0.1, 0.15) is 11.8 Å². The van der Waals surface area contributed by atoms with Crippen molar-refractivity contribution in [1.82, 2.24) is 10.2 Å². The Balaban J connectivity index is 2.11. The predicted molar refractivity (Wildman–Crippen MR) is 134 cm³/mol. The van der Waals surface area contributed by atoms with Gasteiger partial charge < -0.3 is 15.0 Å². The van der Waals surface area contributed by atoms with Crippen molar-refractivity contribution in [2.45, 2.75) is 46.2 Å². The Morgan fingerprint density at radius 1 is 1.03 bits per heavy atom. The minimum Gasteiger partial charge on any atom is -0.494 e. The highest BCUT2D eigenvalue weighted by atomic mass is 32.2. The molecule has 0 radical (unpaired) electrons. The van der Waals surface area contributed by atoms with Crippen LogP contribution in [0.2, 0.25) is 0 Å². The van der Waals surface area contributed by atoms with E-state index in [1.54, 1.807) is 36.1 Å². The fourth-order valence-electron chi connectivity index (χ4n) is 3.56. The van der Waals surface area contributed by atoms with Crippen molar-refractivity contribution in [3.63, 3.8) is 0 Å². The lowest BCUT2D eigenvalue weighted by Crippen LogP contribution is -2.47.